The third-order valence-electron chi connectivity index (χ3n) is 1.94. The molecule has 1 rings (SSSR count). The Bertz CT molecular complexity index is 370. The maximum atomic E-state index is 12.6. The van der Waals surface area contributed by atoms with E-state index in [1.165, 1.54) is 24.3 Å². The number of rotatable bonds is 3. The molecule has 0 aromatic heterocycles. The molecule has 0 N–H and O–H groups in total. The van der Waals surface area contributed by atoms with Crippen LogP contribution in [0.3, 0.4) is 0 Å². The molecule has 80 valence electrons. The van der Waals surface area contributed by atoms with E-state index in [4.69, 9.17) is 0 Å². The predicted octanol–water partition coefficient (Wildman–Crippen LogP) is 2.47. The fourth-order valence-electron chi connectivity index (χ4n) is 1.29. The van der Waals surface area contributed by atoms with Gasteiger partial charge in [0.25, 0.3) is 5.91 Å². The van der Waals surface area contributed by atoms with Gasteiger partial charge in [-0.2, -0.15) is 0 Å². The summed E-state index contributed by atoms with van der Waals surface area (Å²) in [5.74, 6) is -0.466. The van der Waals surface area contributed by atoms with E-state index in [1.807, 2.05) is 6.92 Å². The summed E-state index contributed by atoms with van der Waals surface area (Å²) in [6.07, 6.45) is 0. The number of benzene rings is 1. The van der Waals surface area contributed by atoms with Crippen molar-refractivity contribution in [1.82, 2.24) is 4.90 Å². The summed E-state index contributed by atoms with van der Waals surface area (Å²) in [4.78, 5) is 13.3. The van der Waals surface area contributed by atoms with Gasteiger partial charge in [0.2, 0.25) is 0 Å². The minimum absolute atomic E-state index is 0.127. The summed E-state index contributed by atoms with van der Waals surface area (Å²) in [7, 11) is 1.69. The summed E-state index contributed by atoms with van der Waals surface area (Å²) in [6.45, 7) is 6.10. The third-order valence-corrected chi connectivity index (χ3v) is 1.94. The van der Waals surface area contributed by atoms with E-state index in [2.05, 4.69) is 6.58 Å². The van der Waals surface area contributed by atoms with Crippen molar-refractivity contribution in [3.63, 3.8) is 0 Å². The second-order valence-electron chi connectivity index (χ2n) is 3.63. The lowest BCUT2D eigenvalue weighted by molar-refractivity contribution is 0.0807. The molecule has 15 heavy (non-hydrogen) atoms. The second-order valence-corrected chi connectivity index (χ2v) is 3.63. The molecule has 2 nitrogen and oxygen atoms in total. The van der Waals surface area contributed by atoms with Gasteiger partial charge >= 0.3 is 0 Å². The highest BCUT2D eigenvalue weighted by molar-refractivity contribution is 5.94. The van der Waals surface area contributed by atoms with Crippen LogP contribution < -0.4 is 0 Å². The van der Waals surface area contributed by atoms with Gasteiger partial charge in [-0.05, 0) is 31.2 Å². The van der Waals surface area contributed by atoms with Crippen molar-refractivity contribution in [2.75, 3.05) is 13.6 Å². The van der Waals surface area contributed by atoms with Crippen molar-refractivity contribution < 1.29 is 9.18 Å². The van der Waals surface area contributed by atoms with Crippen LogP contribution in [0.15, 0.2) is 36.4 Å². The van der Waals surface area contributed by atoms with Crippen LogP contribution in [0, 0.1) is 5.82 Å². The van der Waals surface area contributed by atoms with Gasteiger partial charge in [0.15, 0.2) is 0 Å². The maximum Gasteiger partial charge on any atom is 0.253 e. The van der Waals surface area contributed by atoms with Gasteiger partial charge < -0.3 is 4.90 Å². The molecule has 1 amide bonds. The Morgan fingerprint density at radius 3 is 2.40 bits per heavy atom. The summed E-state index contributed by atoms with van der Waals surface area (Å²) < 4.78 is 12.6. The van der Waals surface area contributed by atoms with Crippen molar-refractivity contribution in [1.29, 1.82) is 0 Å². The summed E-state index contributed by atoms with van der Waals surface area (Å²) in [5.41, 5.74) is 1.40. The van der Waals surface area contributed by atoms with Crippen LogP contribution in [0.5, 0.6) is 0 Å². The molecule has 0 heterocycles. The molecular weight excluding hydrogens is 193 g/mol. The standard InChI is InChI=1S/C12H14FNO/c1-9(2)8-14(3)12(15)10-4-6-11(13)7-5-10/h4-7H,1,8H2,2-3H3. The first-order valence-corrected chi connectivity index (χ1v) is 4.66. The Hall–Kier alpha value is -1.64. The monoisotopic (exact) mass is 207 g/mol. The minimum atomic E-state index is -0.339. The van der Waals surface area contributed by atoms with E-state index in [9.17, 15) is 9.18 Å². The molecule has 0 saturated carbocycles. The molecule has 0 bridgehead atoms. The van der Waals surface area contributed by atoms with Gasteiger partial charge in [0.05, 0.1) is 0 Å². The van der Waals surface area contributed by atoms with Gasteiger partial charge in [-0.25, -0.2) is 4.39 Å². The highest BCUT2D eigenvalue weighted by Crippen LogP contribution is 2.06. The fraction of sp³-hybridized carbons (Fsp3) is 0.250. The van der Waals surface area contributed by atoms with E-state index < -0.39 is 0 Å². The number of hydrogen-bond donors (Lipinski definition) is 0. The molecule has 0 radical (unpaired) electrons. The van der Waals surface area contributed by atoms with Crippen molar-refractivity contribution in [2.24, 2.45) is 0 Å². The largest absolute Gasteiger partial charge is 0.338 e. The first-order valence-electron chi connectivity index (χ1n) is 4.66. The lowest BCUT2D eigenvalue weighted by Gasteiger charge is -2.16. The van der Waals surface area contributed by atoms with Crippen LogP contribution in [0.25, 0.3) is 0 Å². The van der Waals surface area contributed by atoms with Crippen molar-refractivity contribution in [3.8, 4) is 0 Å². The zero-order valence-corrected chi connectivity index (χ0v) is 8.96. The number of halogens is 1. The molecule has 0 unspecified atom stereocenters. The molecule has 0 aliphatic carbocycles. The number of carbonyl (C=O) groups excluding carboxylic acids is 1. The second kappa shape index (κ2) is 4.73. The molecule has 0 fully saturated rings. The zero-order valence-electron chi connectivity index (χ0n) is 8.96. The number of hydrogen-bond acceptors (Lipinski definition) is 1. The summed E-state index contributed by atoms with van der Waals surface area (Å²) >= 11 is 0. The van der Waals surface area contributed by atoms with Gasteiger partial charge in [-0.15, -0.1) is 0 Å². The average molecular weight is 207 g/mol. The Kier molecular flexibility index (Phi) is 3.61. The van der Waals surface area contributed by atoms with Crippen molar-refractivity contribution in [2.45, 2.75) is 6.92 Å². The Morgan fingerprint density at radius 1 is 1.40 bits per heavy atom. The number of nitrogens with zero attached hydrogens (tertiary/aromatic N) is 1. The van der Waals surface area contributed by atoms with Crippen LogP contribution in [-0.2, 0) is 0 Å². The van der Waals surface area contributed by atoms with Crippen LogP contribution in [0.4, 0.5) is 4.39 Å². The Balaban J connectivity index is 2.76. The molecule has 0 spiro atoms. The van der Waals surface area contributed by atoms with E-state index >= 15 is 0 Å². The van der Waals surface area contributed by atoms with Crippen LogP contribution in [-0.4, -0.2) is 24.4 Å². The number of carbonyl (C=O) groups is 1. The van der Waals surface area contributed by atoms with Crippen LogP contribution in [0.2, 0.25) is 0 Å². The third kappa shape index (κ3) is 3.20. The normalized spacial score (nSPS) is 9.80. The molecule has 0 aliphatic rings. The predicted molar refractivity (Wildman–Crippen MR) is 58.2 cm³/mol. The average Bonchev–Trinajstić information content (AvgIpc) is 2.17. The molecule has 0 aliphatic heterocycles. The topological polar surface area (TPSA) is 20.3 Å². The van der Waals surface area contributed by atoms with Gasteiger partial charge in [0.1, 0.15) is 5.82 Å². The molecule has 3 heteroatoms. The summed E-state index contributed by atoms with van der Waals surface area (Å²) in [6, 6.07) is 5.52. The molecule has 0 atom stereocenters. The molecular formula is C12H14FNO. The molecule has 1 aromatic rings. The van der Waals surface area contributed by atoms with Crippen LogP contribution in [0.1, 0.15) is 17.3 Å². The van der Waals surface area contributed by atoms with E-state index in [0.717, 1.165) is 5.57 Å². The lowest BCUT2D eigenvalue weighted by atomic mass is 10.2. The fourth-order valence-corrected chi connectivity index (χ4v) is 1.29. The highest BCUT2D eigenvalue weighted by Gasteiger charge is 2.10. The summed E-state index contributed by atoms with van der Waals surface area (Å²) in [5, 5.41) is 0. The van der Waals surface area contributed by atoms with E-state index in [1.54, 1.807) is 11.9 Å². The zero-order chi connectivity index (χ0) is 11.4. The number of amides is 1. The lowest BCUT2D eigenvalue weighted by Crippen LogP contribution is -2.28. The highest BCUT2D eigenvalue weighted by atomic mass is 19.1. The first kappa shape index (κ1) is 11.4. The quantitative estimate of drug-likeness (QED) is 0.697. The van der Waals surface area contributed by atoms with E-state index in [0.29, 0.717) is 12.1 Å². The molecule has 1 aromatic carbocycles. The van der Waals surface area contributed by atoms with Crippen LogP contribution >= 0.6 is 0 Å². The van der Waals surface area contributed by atoms with Crippen molar-refractivity contribution >= 4 is 5.91 Å². The smallest absolute Gasteiger partial charge is 0.253 e. The minimum Gasteiger partial charge on any atom is -0.338 e. The Labute approximate surface area is 89.0 Å². The van der Waals surface area contributed by atoms with Gasteiger partial charge in [-0.3, -0.25) is 4.79 Å². The Morgan fingerprint density at radius 2 is 1.93 bits per heavy atom. The SMILES string of the molecule is C=C(C)CN(C)C(=O)c1ccc(F)cc1. The first-order chi connectivity index (χ1) is 7.00. The van der Waals surface area contributed by atoms with Gasteiger partial charge in [-0.1, -0.05) is 12.2 Å². The molecule has 0 saturated heterocycles. The van der Waals surface area contributed by atoms with E-state index in [-0.39, 0.29) is 11.7 Å². The number of likely N-dealkylation sites (N-methyl/N-ethyl adjacent to an activating group) is 1. The van der Waals surface area contributed by atoms with Crippen molar-refractivity contribution in [3.05, 3.63) is 47.8 Å². The van der Waals surface area contributed by atoms with Gasteiger partial charge in [0, 0.05) is 19.2 Å². The maximum absolute atomic E-state index is 12.6.